The van der Waals surface area contributed by atoms with Gasteiger partial charge in [0.1, 0.15) is 0 Å². The summed E-state index contributed by atoms with van der Waals surface area (Å²) in [5.41, 5.74) is 12.2. The lowest BCUT2D eigenvalue weighted by Gasteiger charge is -2.21. The zero-order valence-electron chi connectivity index (χ0n) is 23.7. The molecule has 0 amide bonds. The van der Waals surface area contributed by atoms with Gasteiger partial charge in [-0.15, -0.1) is 0 Å². The Bertz CT molecular complexity index is 1940. The Morgan fingerprint density at radius 1 is 0.439 bits per heavy atom. The van der Waals surface area contributed by atoms with Crippen LogP contribution >= 0.6 is 0 Å². The lowest BCUT2D eigenvalue weighted by Crippen LogP contribution is -2.15. The molecule has 198 valence electrons. The van der Waals surface area contributed by atoms with Crippen molar-refractivity contribution in [1.29, 1.82) is 0 Å². The maximum absolute atomic E-state index is 5.06. The number of hydrogen-bond donors (Lipinski definition) is 0. The topological polar surface area (TPSA) is 51.6 Å². The summed E-state index contributed by atoms with van der Waals surface area (Å²) in [6, 6.07) is 38.0. The number of pyridine rings is 1. The van der Waals surface area contributed by atoms with E-state index in [4.69, 9.17) is 15.0 Å². The Morgan fingerprint density at radius 2 is 1.02 bits per heavy atom. The fourth-order valence-electron chi connectivity index (χ4n) is 6.01. The molecule has 7 rings (SSSR count). The molecule has 1 aliphatic rings. The average molecular weight is 531 g/mol. The minimum absolute atomic E-state index is 0.103. The third kappa shape index (κ3) is 4.33. The number of aromatic nitrogens is 4. The molecular formula is C37H30N4. The summed E-state index contributed by atoms with van der Waals surface area (Å²) in [4.78, 5) is 19.7. The summed E-state index contributed by atoms with van der Waals surface area (Å²) < 4.78 is 0. The SMILES string of the molecule is Cc1ccc(-c2cccc(-c3nc(-c4ccccc4)nc(-c4ccc5c(c4)C(C)(C)c4ccccc4-5)n3)c2)c(C)n1. The highest BCUT2D eigenvalue weighted by Gasteiger charge is 2.35. The zero-order valence-corrected chi connectivity index (χ0v) is 23.7. The van der Waals surface area contributed by atoms with Gasteiger partial charge in [-0.05, 0) is 59.9 Å². The van der Waals surface area contributed by atoms with Crippen LogP contribution in [0.3, 0.4) is 0 Å². The Kier molecular flexibility index (Phi) is 5.86. The Balaban J connectivity index is 1.38. The van der Waals surface area contributed by atoms with Gasteiger partial charge >= 0.3 is 0 Å². The van der Waals surface area contributed by atoms with Gasteiger partial charge in [0.2, 0.25) is 0 Å². The molecule has 0 saturated heterocycles. The van der Waals surface area contributed by atoms with Gasteiger partial charge in [0.15, 0.2) is 17.5 Å². The van der Waals surface area contributed by atoms with Crippen molar-refractivity contribution in [1.82, 2.24) is 19.9 Å². The van der Waals surface area contributed by atoms with Crippen molar-refractivity contribution >= 4 is 0 Å². The molecule has 0 saturated carbocycles. The normalized spacial score (nSPS) is 13.1. The number of rotatable bonds is 4. The smallest absolute Gasteiger partial charge is 0.164 e. The van der Waals surface area contributed by atoms with Crippen LogP contribution in [-0.2, 0) is 5.41 Å². The Morgan fingerprint density at radius 3 is 1.78 bits per heavy atom. The summed E-state index contributed by atoms with van der Waals surface area (Å²) in [6.45, 7) is 8.66. The van der Waals surface area contributed by atoms with E-state index in [1.165, 1.54) is 22.3 Å². The molecule has 0 atom stereocenters. The molecule has 4 nitrogen and oxygen atoms in total. The largest absolute Gasteiger partial charge is 0.258 e. The quantitative estimate of drug-likeness (QED) is 0.228. The first kappa shape index (κ1) is 25.0. The summed E-state index contributed by atoms with van der Waals surface area (Å²) in [5, 5.41) is 0. The van der Waals surface area contributed by atoms with Crippen molar-refractivity contribution in [3.8, 4) is 56.4 Å². The lowest BCUT2D eigenvalue weighted by atomic mass is 9.82. The minimum Gasteiger partial charge on any atom is -0.258 e. The maximum Gasteiger partial charge on any atom is 0.164 e. The van der Waals surface area contributed by atoms with Crippen LogP contribution in [-0.4, -0.2) is 19.9 Å². The second-order valence-corrected chi connectivity index (χ2v) is 11.3. The standard InChI is InChI=1S/C37H30N4/c1-23-17-19-29(24(2)38-23)26-13-10-14-27(21-26)35-39-34(25-11-6-5-7-12-25)40-36(41-35)28-18-20-31-30-15-8-9-16-32(30)37(3,4)33(31)22-28/h5-22H,1-4H3. The van der Waals surface area contributed by atoms with E-state index in [1.54, 1.807) is 0 Å². The Hall–Kier alpha value is -4.96. The van der Waals surface area contributed by atoms with E-state index in [0.29, 0.717) is 17.5 Å². The molecule has 0 radical (unpaired) electrons. The fraction of sp³-hybridized carbons (Fsp3) is 0.135. The summed E-state index contributed by atoms with van der Waals surface area (Å²) in [7, 11) is 0. The van der Waals surface area contributed by atoms with E-state index < -0.39 is 0 Å². The molecule has 0 fully saturated rings. The zero-order chi connectivity index (χ0) is 28.1. The number of nitrogens with zero attached hydrogens (tertiary/aromatic N) is 4. The van der Waals surface area contributed by atoms with E-state index in [9.17, 15) is 0 Å². The third-order valence-corrected chi connectivity index (χ3v) is 8.17. The molecular weight excluding hydrogens is 500 g/mol. The van der Waals surface area contributed by atoms with Gasteiger partial charge in [0, 0.05) is 39.1 Å². The maximum atomic E-state index is 5.06. The average Bonchev–Trinajstić information content (AvgIpc) is 3.23. The van der Waals surface area contributed by atoms with Crippen LogP contribution in [0, 0.1) is 13.8 Å². The van der Waals surface area contributed by atoms with Gasteiger partial charge in [-0.3, -0.25) is 4.98 Å². The highest BCUT2D eigenvalue weighted by Crippen LogP contribution is 2.49. The van der Waals surface area contributed by atoms with E-state index in [0.717, 1.165) is 39.2 Å². The highest BCUT2D eigenvalue weighted by molar-refractivity contribution is 5.83. The first-order chi connectivity index (χ1) is 19.9. The van der Waals surface area contributed by atoms with Crippen LogP contribution in [0.2, 0.25) is 0 Å². The minimum atomic E-state index is -0.103. The van der Waals surface area contributed by atoms with Gasteiger partial charge in [0.25, 0.3) is 0 Å². The van der Waals surface area contributed by atoms with Gasteiger partial charge < -0.3 is 0 Å². The molecule has 4 aromatic carbocycles. The van der Waals surface area contributed by atoms with Crippen molar-refractivity contribution in [2.75, 3.05) is 0 Å². The second-order valence-electron chi connectivity index (χ2n) is 11.3. The van der Waals surface area contributed by atoms with Crippen molar-refractivity contribution in [3.05, 3.63) is 132 Å². The van der Waals surface area contributed by atoms with E-state index in [-0.39, 0.29) is 5.41 Å². The molecule has 4 heteroatoms. The molecule has 6 aromatic rings. The van der Waals surface area contributed by atoms with Crippen molar-refractivity contribution < 1.29 is 0 Å². The molecule has 0 bridgehead atoms. The monoisotopic (exact) mass is 530 g/mol. The first-order valence-corrected chi connectivity index (χ1v) is 14.0. The van der Waals surface area contributed by atoms with Crippen LogP contribution in [0.1, 0.15) is 36.4 Å². The van der Waals surface area contributed by atoms with Crippen LogP contribution < -0.4 is 0 Å². The van der Waals surface area contributed by atoms with Crippen molar-refractivity contribution in [3.63, 3.8) is 0 Å². The molecule has 0 N–H and O–H groups in total. The molecule has 0 unspecified atom stereocenters. The van der Waals surface area contributed by atoms with Crippen LogP contribution in [0.15, 0.2) is 109 Å². The fourth-order valence-corrected chi connectivity index (χ4v) is 6.01. The van der Waals surface area contributed by atoms with Crippen LogP contribution in [0.25, 0.3) is 56.4 Å². The predicted octanol–water partition coefficient (Wildman–Crippen LogP) is 8.86. The summed E-state index contributed by atoms with van der Waals surface area (Å²) >= 11 is 0. The van der Waals surface area contributed by atoms with Gasteiger partial charge in [0.05, 0.1) is 0 Å². The third-order valence-electron chi connectivity index (χ3n) is 8.17. The van der Waals surface area contributed by atoms with Crippen molar-refractivity contribution in [2.24, 2.45) is 0 Å². The molecule has 0 spiro atoms. The molecule has 2 heterocycles. The first-order valence-electron chi connectivity index (χ1n) is 14.0. The lowest BCUT2D eigenvalue weighted by molar-refractivity contribution is 0.660. The molecule has 0 aliphatic heterocycles. The molecule has 2 aromatic heterocycles. The number of benzene rings is 4. The van der Waals surface area contributed by atoms with Gasteiger partial charge in [-0.1, -0.05) is 105 Å². The predicted molar refractivity (Wildman–Crippen MR) is 166 cm³/mol. The van der Waals surface area contributed by atoms with E-state index in [2.05, 4.69) is 105 Å². The highest BCUT2D eigenvalue weighted by atomic mass is 15.0. The summed E-state index contributed by atoms with van der Waals surface area (Å²) in [5.74, 6) is 1.98. The Labute approximate surface area is 240 Å². The van der Waals surface area contributed by atoms with Gasteiger partial charge in [-0.25, -0.2) is 15.0 Å². The second kappa shape index (κ2) is 9.60. The van der Waals surface area contributed by atoms with Crippen LogP contribution in [0.5, 0.6) is 0 Å². The summed E-state index contributed by atoms with van der Waals surface area (Å²) in [6.07, 6.45) is 0. The molecule has 41 heavy (non-hydrogen) atoms. The number of hydrogen-bond acceptors (Lipinski definition) is 4. The van der Waals surface area contributed by atoms with Crippen molar-refractivity contribution in [2.45, 2.75) is 33.1 Å². The number of aryl methyl sites for hydroxylation is 2. The van der Waals surface area contributed by atoms with Gasteiger partial charge in [-0.2, -0.15) is 0 Å². The number of fused-ring (bicyclic) bond motifs is 3. The van der Waals surface area contributed by atoms with E-state index in [1.807, 2.05) is 37.3 Å². The van der Waals surface area contributed by atoms with Crippen LogP contribution in [0.4, 0.5) is 0 Å². The molecule has 1 aliphatic carbocycles. The van der Waals surface area contributed by atoms with E-state index >= 15 is 0 Å².